The minimum atomic E-state index is 0.438. The maximum atomic E-state index is 3.55. The predicted molar refractivity (Wildman–Crippen MR) is 48.7 cm³/mol. The van der Waals surface area contributed by atoms with E-state index in [1.54, 1.807) is 0 Å². The number of piperazine rings is 1. The summed E-state index contributed by atoms with van der Waals surface area (Å²) in [5, 5.41) is 6.96. The van der Waals surface area contributed by atoms with Gasteiger partial charge >= 0.3 is 0 Å². The predicted octanol–water partition coefficient (Wildman–Crippen LogP) is 0.984. The largest absolute Gasteiger partial charge is 0.314 e. The fourth-order valence-corrected chi connectivity index (χ4v) is 1.45. The van der Waals surface area contributed by atoms with Gasteiger partial charge in [-0.25, -0.2) is 0 Å². The second kappa shape index (κ2) is 3.55. The molecule has 2 heteroatoms. The van der Waals surface area contributed by atoms with Crippen molar-refractivity contribution in [2.45, 2.75) is 33.2 Å². The Morgan fingerprint density at radius 2 is 2.09 bits per heavy atom. The van der Waals surface area contributed by atoms with E-state index in [1.807, 2.05) is 0 Å². The highest BCUT2D eigenvalue weighted by Gasteiger charge is 2.28. The molecule has 0 spiro atoms. The van der Waals surface area contributed by atoms with Crippen molar-refractivity contribution < 1.29 is 0 Å². The number of hydrogen-bond acceptors (Lipinski definition) is 2. The second-order valence-electron chi connectivity index (χ2n) is 4.05. The Labute approximate surface area is 69.8 Å². The summed E-state index contributed by atoms with van der Waals surface area (Å²) in [6.45, 7) is 10.3. The Kier molecular flexibility index (Phi) is 2.90. The summed E-state index contributed by atoms with van der Waals surface area (Å²) < 4.78 is 0. The molecule has 1 unspecified atom stereocenters. The van der Waals surface area contributed by atoms with E-state index in [1.165, 1.54) is 6.42 Å². The molecule has 1 rings (SSSR count). The highest BCUT2D eigenvalue weighted by atomic mass is 15.1. The summed E-state index contributed by atoms with van der Waals surface area (Å²) >= 11 is 0. The lowest BCUT2D eigenvalue weighted by molar-refractivity contribution is 0.208. The highest BCUT2D eigenvalue weighted by molar-refractivity contribution is 4.87. The van der Waals surface area contributed by atoms with Crippen LogP contribution in [-0.2, 0) is 0 Å². The van der Waals surface area contributed by atoms with Crippen molar-refractivity contribution >= 4 is 0 Å². The number of rotatable bonds is 2. The van der Waals surface area contributed by atoms with E-state index < -0.39 is 0 Å². The molecule has 0 amide bonds. The lowest BCUT2D eigenvalue weighted by atomic mass is 9.81. The van der Waals surface area contributed by atoms with Crippen LogP contribution >= 0.6 is 0 Å². The number of hydrogen-bond donors (Lipinski definition) is 2. The third kappa shape index (κ3) is 2.17. The maximum absolute atomic E-state index is 3.55. The van der Waals surface area contributed by atoms with E-state index >= 15 is 0 Å². The SMILES string of the molecule is CCC(C)(C)C1CNCCN1. The average Bonchev–Trinajstić information content (AvgIpc) is 2.06. The van der Waals surface area contributed by atoms with Gasteiger partial charge in [-0.15, -0.1) is 0 Å². The Morgan fingerprint density at radius 1 is 1.36 bits per heavy atom. The van der Waals surface area contributed by atoms with Crippen molar-refractivity contribution in [1.82, 2.24) is 10.6 Å². The highest BCUT2D eigenvalue weighted by Crippen LogP contribution is 2.24. The summed E-state index contributed by atoms with van der Waals surface area (Å²) in [7, 11) is 0. The molecule has 1 aliphatic rings. The van der Waals surface area contributed by atoms with Crippen molar-refractivity contribution in [1.29, 1.82) is 0 Å². The molecular weight excluding hydrogens is 136 g/mol. The van der Waals surface area contributed by atoms with Gasteiger partial charge in [-0.05, 0) is 11.8 Å². The van der Waals surface area contributed by atoms with Crippen LogP contribution < -0.4 is 10.6 Å². The molecule has 0 aromatic carbocycles. The first kappa shape index (κ1) is 9.01. The van der Waals surface area contributed by atoms with Crippen molar-refractivity contribution in [2.75, 3.05) is 19.6 Å². The van der Waals surface area contributed by atoms with E-state index in [9.17, 15) is 0 Å². The van der Waals surface area contributed by atoms with Crippen LogP contribution in [0.5, 0.6) is 0 Å². The zero-order chi connectivity index (χ0) is 8.32. The molecular formula is C9H20N2. The van der Waals surface area contributed by atoms with E-state index in [4.69, 9.17) is 0 Å². The van der Waals surface area contributed by atoms with Gasteiger partial charge in [0, 0.05) is 25.7 Å². The van der Waals surface area contributed by atoms with Crippen LogP contribution in [0.2, 0.25) is 0 Å². The van der Waals surface area contributed by atoms with Crippen LogP contribution in [0.1, 0.15) is 27.2 Å². The molecule has 1 fully saturated rings. The van der Waals surface area contributed by atoms with Crippen LogP contribution in [-0.4, -0.2) is 25.7 Å². The fourth-order valence-electron chi connectivity index (χ4n) is 1.45. The molecule has 2 N–H and O–H groups in total. The van der Waals surface area contributed by atoms with E-state index in [-0.39, 0.29) is 0 Å². The quantitative estimate of drug-likeness (QED) is 0.623. The van der Waals surface area contributed by atoms with Crippen molar-refractivity contribution in [3.8, 4) is 0 Å². The normalized spacial score (nSPS) is 27.0. The van der Waals surface area contributed by atoms with Crippen LogP contribution in [0.25, 0.3) is 0 Å². The lowest BCUT2D eigenvalue weighted by Crippen LogP contribution is -2.54. The molecule has 0 aliphatic carbocycles. The zero-order valence-electron chi connectivity index (χ0n) is 7.91. The number of nitrogens with one attached hydrogen (secondary N) is 2. The molecule has 66 valence electrons. The molecule has 0 aromatic rings. The summed E-state index contributed by atoms with van der Waals surface area (Å²) in [4.78, 5) is 0. The van der Waals surface area contributed by atoms with Crippen molar-refractivity contribution in [2.24, 2.45) is 5.41 Å². The Bertz CT molecular complexity index is 115. The zero-order valence-corrected chi connectivity index (χ0v) is 7.91. The van der Waals surface area contributed by atoms with Gasteiger partial charge in [0.05, 0.1) is 0 Å². The van der Waals surface area contributed by atoms with Gasteiger partial charge in [0.15, 0.2) is 0 Å². The molecule has 11 heavy (non-hydrogen) atoms. The third-order valence-corrected chi connectivity index (χ3v) is 2.90. The molecule has 0 bridgehead atoms. The molecule has 2 nitrogen and oxygen atoms in total. The van der Waals surface area contributed by atoms with E-state index in [2.05, 4.69) is 31.4 Å². The molecule has 1 atom stereocenters. The Hall–Kier alpha value is -0.0800. The molecule has 0 aromatic heterocycles. The fraction of sp³-hybridized carbons (Fsp3) is 1.00. The van der Waals surface area contributed by atoms with Gasteiger partial charge in [0.2, 0.25) is 0 Å². The Balaban J connectivity index is 2.43. The van der Waals surface area contributed by atoms with E-state index in [0.29, 0.717) is 11.5 Å². The van der Waals surface area contributed by atoms with Gasteiger partial charge in [-0.3, -0.25) is 0 Å². The van der Waals surface area contributed by atoms with Crippen molar-refractivity contribution in [3.63, 3.8) is 0 Å². The van der Waals surface area contributed by atoms with Crippen LogP contribution in [0.15, 0.2) is 0 Å². The standard InChI is InChI=1S/C9H20N2/c1-4-9(2,3)8-7-10-5-6-11-8/h8,10-11H,4-7H2,1-3H3. The van der Waals surface area contributed by atoms with Crippen LogP contribution in [0.3, 0.4) is 0 Å². The first-order valence-electron chi connectivity index (χ1n) is 4.61. The monoisotopic (exact) mass is 156 g/mol. The lowest BCUT2D eigenvalue weighted by Gasteiger charge is -2.37. The summed E-state index contributed by atoms with van der Waals surface area (Å²) in [5.74, 6) is 0. The van der Waals surface area contributed by atoms with Crippen molar-refractivity contribution in [3.05, 3.63) is 0 Å². The minimum absolute atomic E-state index is 0.438. The molecule has 1 aliphatic heterocycles. The van der Waals surface area contributed by atoms with Gasteiger partial charge < -0.3 is 10.6 Å². The van der Waals surface area contributed by atoms with Crippen LogP contribution in [0.4, 0.5) is 0 Å². The van der Waals surface area contributed by atoms with E-state index in [0.717, 1.165) is 19.6 Å². The third-order valence-electron chi connectivity index (χ3n) is 2.90. The molecule has 0 radical (unpaired) electrons. The first-order valence-corrected chi connectivity index (χ1v) is 4.61. The van der Waals surface area contributed by atoms with Gasteiger partial charge in [-0.2, -0.15) is 0 Å². The summed E-state index contributed by atoms with van der Waals surface area (Å²) in [5.41, 5.74) is 0.438. The topological polar surface area (TPSA) is 24.1 Å². The minimum Gasteiger partial charge on any atom is -0.314 e. The maximum Gasteiger partial charge on any atom is 0.0244 e. The Morgan fingerprint density at radius 3 is 2.55 bits per heavy atom. The summed E-state index contributed by atoms with van der Waals surface area (Å²) in [6, 6.07) is 0.654. The van der Waals surface area contributed by atoms with Crippen LogP contribution in [0, 0.1) is 5.41 Å². The van der Waals surface area contributed by atoms with Gasteiger partial charge in [0.25, 0.3) is 0 Å². The average molecular weight is 156 g/mol. The van der Waals surface area contributed by atoms with Gasteiger partial charge in [-0.1, -0.05) is 20.8 Å². The summed E-state index contributed by atoms with van der Waals surface area (Å²) in [6.07, 6.45) is 1.24. The second-order valence-corrected chi connectivity index (χ2v) is 4.05. The smallest absolute Gasteiger partial charge is 0.0244 e. The first-order chi connectivity index (χ1) is 5.17. The molecule has 1 saturated heterocycles. The van der Waals surface area contributed by atoms with Gasteiger partial charge in [0.1, 0.15) is 0 Å². The molecule has 0 saturated carbocycles. The molecule has 1 heterocycles.